The van der Waals surface area contributed by atoms with Crippen LogP contribution in [0.4, 0.5) is 10.5 Å². The Morgan fingerprint density at radius 2 is 1.51 bits per heavy atom. The Labute approximate surface area is 226 Å². The van der Waals surface area contributed by atoms with E-state index in [4.69, 9.17) is 10.5 Å². The average Bonchev–Trinajstić information content (AvgIpc) is 2.97. The highest BCUT2D eigenvalue weighted by molar-refractivity contribution is 6.09. The quantitative estimate of drug-likeness (QED) is 0.278. The van der Waals surface area contributed by atoms with Crippen LogP contribution in [0.5, 0.6) is 0 Å². The van der Waals surface area contributed by atoms with Crippen LogP contribution in [0, 0.1) is 0 Å². The number of amides is 2. The number of nitrogens with zero attached hydrogens (tertiary/aromatic N) is 1. The van der Waals surface area contributed by atoms with Crippen LogP contribution in [0.3, 0.4) is 0 Å². The van der Waals surface area contributed by atoms with E-state index in [1.165, 1.54) is 37.6 Å². The van der Waals surface area contributed by atoms with Gasteiger partial charge in [0.1, 0.15) is 0 Å². The van der Waals surface area contributed by atoms with E-state index >= 15 is 0 Å². The number of fused-ring (bicyclic) bond motifs is 6. The first-order chi connectivity index (χ1) is 19.0. The van der Waals surface area contributed by atoms with Gasteiger partial charge in [0.05, 0.1) is 12.3 Å². The summed E-state index contributed by atoms with van der Waals surface area (Å²) < 4.78 is 4.94. The third-order valence-corrected chi connectivity index (χ3v) is 8.04. The van der Waals surface area contributed by atoms with Crippen molar-refractivity contribution in [1.82, 2.24) is 0 Å². The number of carbonyl (C=O) groups excluding carboxylic acids is 2. The Hall–Kier alpha value is -4.42. The average molecular weight is 519 g/mol. The molecule has 6 rings (SSSR count). The van der Waals surface area contributed by atoms with Crippen molar-refractivity contribution >= 4 is 50.0 Å². The van der Waals surface area contributed by atoms with E-state index in [1.54, 1.807) is 7.05 Å². The molecule has 196 valence electrons. The van der Waals surface area contributed by atoms with Crippen molar-refractivity contribution in [1.29, 1.82) is 0 Å². The molecule has 1 aliphatic rings. The Kier molecular flexibility index (Phi) is 6.41. The highest BCUT2D eigenvalue weighted by atomic mass is 16.6. The number of likely N-dealkylation sites (N-methyl/N-ethyl adjacent to an activating group) is 1. The van der Waals surface area contributed by atoms with Crippen LogP contribution in [-0.4, -0.2) is 36.9 Å². The summed E-state index contributed by atoms with van der Waals surface area (Å²) in [6.07, 6.45) is 0.487. The van der Waals surface area contributed by atoms with Crippen LogP contribution < -0.4 is 10.6 Å². The normalized spacial score (nSPS) is 15.7. The second-order valence-corrected chi connectivity index (χ2v) is 10.2. The SMILES string of the molecule is CN(C(=O)[C@H](CO)OC(N)=O)c1c([C@@H]2CCCc3c2ccc2c3ccc3ccccc32)ccc2ccccc12. The van der Waals surface area contributed by atoms with Crippen molar-refractivity contribution in [2.75, 3.05) is 18.6 Å². The molecule has 0 bridgehead atoms. The molecule has 0 radical (unpaired) electrons. The fraction of sp³-hybridized carbons (Fsp3) is 0.212. The lowest BCUT2D eigenvalue weighted by Crippen LogP contribution is -2.42. The van der Waals surface area contributed by atoms with Gasteiger partial charge in [-0.25, -0.2) is 4.79 Å². The second-order valence-electron chi connectivity index (χ2n) is 10.2. The molecule has 0 saturated carbocycles. The maximum absolute atomic E-state index is 13.5. The molecule has 0 aliphatic heterocycles. The fourth-order valence-corrected chi connectivity index (χ4v) is 6.29. The highest BCUT2D eigenvalue weighted by Gasteiger charge is 2.31. The molecule has 3 N–H and O–H groups in total. The lowest BCUT2D eigenvalue weighted by atomic mass is 9.76. The van der Waals surface area contributed by atoms with Gasteiger partial charge >= 0.3 is 6.09 Å². The molecule has 1 aliphatic carbocycles. The largest absolute Gasteiger partial charge is 0.434 e. The number of nitrogens with two attached hydrogens (primary N) is 1. The van der Waals surface area contributed by atoms with Crippen molar-refractivity contribution in [2.45, 2.75) is 31.3 Å². The summed E-state index contributed by atoms with van der Waals surface area (Å²) in [7, 11) is 1.66. The molecule has 6 heteroatoms. The Balaban J connectivity index is 1.52. The van der Waals surface area contributed by atoms with E-state index in [9.17, 15) is 14.7 Å². The second kappa shape index (κ2) is 10.0. The number of hydrogen-bond acceptors (Lipinski definition) is 4. The van der Waals surface area contributed by atoms with Gasteiger partial charge in [0.2, 0.25) is 6.10 Å². The zero-order chi connectivity index (χ0) is 27.1. The number of rotatable bonds is 5. The van der Waals surface area contributed by atoms with E-state index in [0.717, 1.165) is 41.3 Å². The monoisotopic (exact) mass is 518 g/mol. The van der Waals surface area contributed by atoms with Gasteiger partial charge in [0, 0.05) is 18.4 Å². The van der Waals surface area contributed by atoms with Gasteiger partial charge < -0.3 is 20.5 Å². The Morgan fingerprint density at radius 1 is 0.872 bits per heavy atom. The number of aliphatic hydroxyl groups is 1. The molecule has 5 aromatic rings. The number of benzene rings is 5. The Morgan fingerprint density at radius 3 is 2.26 bits per heavy atom. The van der Waals surface area contributed by atoms with Gasteiger partial charge in [0.15, 0.2) is 0 Å². The van der Waals surface area contributed by atoms with Crippen molar-refractivity contribution in [3.05, 3.63) is 102 Å². The minimum Gasteiger partial charge on any atom is -0.434 e. The first kappa shape index (κ1) is 24.9. The van der Waals surface area contributed by atoms with Crippen molar-refractivity contribution in [2.24, 2.45) is 5.73 Å². The first-order valence-electron chi connectivity index (χ1n) is 13.3. The van der Waals surface area contributed by atoms with Crippen molar-refractivity contribution < 1.29 is 19.4 Å². The first-order valence-corrected chi connectivity index (χ1v) is 13.3. The van der Waals surface area contributed by atoms with E-state index < -0.39 is 24.7 Å². The number of aliphatic hydroxyl groups excluding tert-OH is 1. The van der Waals surface area contributed by atoms with E-state index in [1.807, 2.05) is 24.3 Å². The molecular weight excluding hydrogens is 488 g/mol. The smallest absolute Gasteiger partial charge is 0.405 e. The number of carbonyl (C=O) groups is 2. The maximum Gasteiger partial charge on any atom is 0.405 e. The molecule has 0 unspecified atom stereocenters. The Bertz CT molecular complexity index is 1750. The standard InChI is InChI=1S/C33H30N2O4/c1-35(32(37)30(19-36)39-33(34)38)31-23-10-5-3-8-21(23)14-16-29(31)25-12-6-11-24-27-15-13-20-7-2-4-9-22(20)26(27)17-18-28(24)25/h2-5,7-10,13-18,25,30,36H,6,11-12,19H2,1H3,(H2,34,38)/t25-,30+/m1/s1. The summed E-state index contributed by atoms with van der Waals surface area (Å²) >= 11 is 0. The molecule has 5 aromatic carbocycles. The van der Waals surface area contributed by atoms with Gasteiger partial charge in [-0.15, -0.1) is 0 Å². The summed E-state index contributed by atoms with van der Waals surface area (Å²) in [4.78, 5) is 26.4. The topological polar surface area (TPSA) is 92.9 Å². The molecule has 0 heterocycles. The maximum atomic E-state index is 13.5. The number of aryl methyl sites for hydroxylation is 1. The predicted octanol–water partition coefficient (Wildman–Crippen LogP) is 6.03. The molecule has 0 fully saturated rings. The molecular formula is C33H30N2O4. The lowest BCUT2D eigenvalue weighted by Gasteiger charge is -2.32. The zero-order valence-electron chi connectivity index (χ0n) is 21.8. The minimum atomic E-state index is -1.38. The summed E-state index contributed by atoms with van der Waals surface area (Å²) in [5, 5.41) is 16.7. The van der Waals surface area contributed by atoms with Gasteiger partial charge in [0.25, 0.3) is 5.91 Å². The van der Waals surface area contributed by atoms with E-state index in [2.05, 4.69) is 60.7 Å². The number of anilines is 1. The van der Waals surface area contributed by atoms with Gasteiger partial charge in [-0.05, 0) is 62.9 Å². The zero-order valence-corrected chi connectivity index (χ0v) is 21.8. The number of primary amides is 1. The van der Waals surface area contributed by atoms with Gasteiger partial charge in [-0.1, -0.05) is 84.9 Å². The van der Waals surface area contributed by atoms with E-state index in [0.29, 0.717) is 0 Å². The highest BCUT2D eigenvalue weighted by Crippen LogP contribution is 2.45. The van der Waals surface area contributed by atoms with Gasteiger partial charge in [-0.3, -0.25) is 4.79 Å². The fourth-order valence-electron chi connectivity index (χ4n) is 6.29. The molecule has 0 spiro atoms. The summed E-state index contributed by atoms with van der Waals surface area (Å²) in [6.45, 7) is -0.654. The van der Waals surface area contributed by atoms with Crippen molar-refractivity contribution in [3.63, 3.8) is 0 Å². The van der Waals surface area contributed by atoms with Crippen molar-refractivity contribution in [3.8, 4) is 0 Å². The molecule has 0 aromatic heterocycles. The van der Waals surface area contributed by atoms with Crippen LogP contribution in [0.1, 0.15) is 35.4 Å². The van der Waals surface area contributed by atoms with Crippen LogP contribution >= 0.6 is 0 Å². The molecule has 39 heavy (non-hydrogen) atoms. The lowest BCUT2D eigenvalue weighted by molar-refractivity contribution is -0.128. The van der Waals surface area contributed by atoms with Crippen LogP contribution in [0.15, 0.2) is 84.9 Å². The summed E-state index contributed by atoms with van der Waals surface area (Å²) in [6, 6.07) is 29.5. The third kappa shape index (κ3) is 4.27. The molecule has 0 saturated heterocycles. The molecule has 2 amide bonds. The number of hydrogen-bond donors (Lipinski definition) is 2. The number of ether oxygens (including phenoxy) is 1. The third-order valence-electron chi connectivity index (χ3n) is 8.04. The molecule has 6 nitrogen and oxygen atoms in total. The van der Waals surface area contributed by atoms with Crippen LogP contribution in [0.2, 0.25) is 0 Å². The summed E-state index contributed by atoms with van der Waals surface area (Å²) in [5.41, 5.74) is 9.58. The predicted molar refractivity (Wildman–Crippen MR) is 155 cm³/mol. The minimum absolute atomic E-state index is 0.0733. The van der Waals surface area contributed by atoms with E-state index in [-0.39, 0.29) is 5.92 Å². The van der Waals surface area contributed by atoms with Crippen LogP contribution in [-0.2, 0) is 16.0 Å². The van der Waals surface area contributed by atoms with Gasteiger partial charge in [-0.2, -0.15) is 0 Å². The summed E-state index contributed by atoms with van der Waals surface area (Å²) in [5.74, 6) is -0.459. The molecule has 2 atom stereocenters. The van der Waals surface area contributed by atoms with Crippen LogP contribution in [0.25, 0.3) is 32.3 Å².